The molecular formula is C19H20O3. The summed E-state index contributed by atoms with van der Waals surface area (Å²) < 4.78 is 11.1. The largest absolute Gasteiger partial charge is 0.489 e. The van der Waals surface area contributed by atoms with E-state index in [1.165, 1.54) is 0 Å². The van der Waals surface area contributed by atoms with Crippen molar-refractivity contribution in [2.75, 3.05) is 6.61 Å². The fraction of sp³-hybridized carbons (Fsp3) is 0.316. The summed E-state index contributed by atoms with van der Waals surface area (Å²) in [6, 6.07) is 17.9. The van der Waals surface area contributed by atoms with Crippen molar-refractivity contribution in [2.24, 2.45) is 0 Å². The number of hydrogen-bond acceptors (Lipinski definition) is 3. The number of carbonyl (C=O) groups excluding carboxylic acids is 1. The molecule has 3 nitrogen and oxygen atoms in total. The van der Waals surface area contributed by atoms with E-state index in [0.29, 0.717) is 13.2 Å². The molecule has 114 valence electrons. The van der Waals surface area contributed by atoms with E-state index in [1.54, 1.807) is 0 Å². The molecule has 0 unspecified atom stereocenters. The fourth-order valence-electron chi connectivity index (χ4n) is 2.63. The van der Waals surface area contributed by atoms with Crippen LogP contribution in [0.15, 0.2) is 54.6 Å². The quantitative estimate of drug-likeness (QED) is 0.759. The SMILES string of the molecule is CCOC(=O)C1(c2cccc(OCc3ccccc3)c2)CC1. The minimum atomic E-state index is -0.442. The average molecular weight is 296 g/mol. The summed E-state index contributed by atoms with van der Waals surface area (Å²) in [4.78, 5) is 12.2. The minimum absolute atomic E-state index is 0.116. The Morgan fingerprint density at radius 2 is 1.86 bits per heavy atom. The van der Waals surface area contributed by atoms with E-state index in [-0.39, 0.29) is 5.97 Å². The first kappa shape index (κ1) is 14.6. The van der Waals surface area contributed by atoms with E-state index >= 15 is 0 Å². The molecule has 0 heterocycles. The van der Waals surface area contributed by atoms with Crippen LogP contribution in [-0.2, 0) is 21.6 Å². The first-order valence-corrected chi connectivity index (χ1v) is 7.69. The number of carbonyl (C=O) groups is 1. The Bertz CT molecular complexity index is 645. The highest BCUT2D eigenvalue weighted by Gasteiger charge is 2.52. The average Bonchev–Trinajstić information content (AvgIpc) is 3.36. The van der Waals surface area contributed by atoms with Crippen LogP contribution in [0, 0.1) is 0 Å². The van der Waals surface area contributed by atoms with Crippen molar-refractivity contribution >= 4 is 5.97 Å². The van der Waals surface area contributed by atoms with Gasteiger partial charge in [-0.1, -0.05) is 42.5 Å². The van der Waals surface area contributed by atoms with E-state index in [2.05, 4.69) is 0 Å². The highest BCUT2D eigenvalue weighted by atomic mass is 16.5. The first-order chi connectivity index (χ1) is 10.7. The van der Waals surface area contributed by atoms with E-state index < -0.39 is 5.41 Å². The molecular weight excluding hydrogens is 276 g/mol. The van der Waals surface area contributed by atoms with Gasteiger partial charge >= 0.3 is 5.97 Å². The maximum absolute atomic E-state index is 12.2. The van der Waals surface area contributed by atoms with Gasteiger partial charge in [-0.3, -0.25) is 4.79 Å². The Labute approximate surface area is 130 Å². The van der Waals surface area contributed by atoms with Gasteiger partial charge in [0.05, 0.1) is 12.0 Å². The van der Waals surface area contributed by atoms with Gasteiger partial charge in [0.1, 0.15) is 12.4 Å². The van der Waals surface area contributed by atoms with Crippen LogP contribution in [0.25, 0.3) is 0 Å². The van der Waals surface area contributed by atoms with Gasteiger partial charge in [-0.05, 0) is 43.0 Å². The third kappa shape index (κ3) is 2.98. The molecule has 0 spiro atoms. The summed E-state index contributed by atoms with van der Waals surface area (Å²) in [5.74, 6) is 0.673. The lowest BCUT2D eigenvalue weighted by molar-refractivity contribution is -0.146. The lowest BCUT2D eigenvalue weighted by Crippen LogP contribution is -2.23. The van der Waals surface area contributed by atoms with Gasteiger partial charge in [-0.25, -0.2) is 0 Å². The second kappa shape index (κ2) is 6.22. The number of rotatable bonds is 6. The van der Waals surface area contributed by atoms with Crippen LogP contribution in [0.3, 0.4) is 0 Å². The number of benzene rings is 2. The second-order valence-corrected chi connectivity index (χ2v) is 5.60. The van der Waals surface area contributed by atoms with Gasteiger partial charge in [0.2, 0.25) is 0 Å². The van der Waals surface area contributed by atoms with Crippen molar-refractivity contribution < 1.29 is 14.3 Å². The number of hydrogen-bond donors (Lipinski definition) is 0. The van der Waals surface area contributed by atoms with Crippen LogP contribution in [0.2, 0.25) is 0 Å². The Hall–Kier alpha value is -2.29. The topological polar surface area (TPSA) is 35.5 Å². The van der Waals surface area contributed by atoms with Crippen molar-refractivity contribution in [3.05, 3.63) is 65.7 Å². The number of esters is 1. The lowest BCUT2D eigenvalue weighted by atomic mass is 9.96. The predicted octanol–water partition coefficient (Wildman–Crippen LogP) is 3.86. The van der Waals surface area contributed by atoms with E-state index in [0.717, 1.165) is 29.7 Å². The zero-order valence-electron chi connectivity index (χ0n) is 12.7. The minimum Gasteiger partial charge on any atom is -0.489 e. The van der Waals surface area contributed by atoms with Crippen LogP contribution in [0.5, 0.6) is 5.75 Å². The molecule has 1 aliphatic rings. The second-order valence-electron chi connectivity index (χ2n) is 5.60. The van der Waals surface area contributed by atoms with Gasteiger partial charge < -0.3 is 9.47 Å². The normalized spacial score (nSPS) is 15.1. The van der Waals surface area contributed by atoms with Gasteiger partial charge in [-0.15, -0.1) is 0 Å². The smallest absolute Gasteiger partial charge is 0.316 e. The molecule has 1 aliphatic carbocycles. The summed E-state index contributed by atoms with van der Waals surface area (Å²) in [5, 5.41) is 0. The summed E-state index contributed by atoms with van der Waals surface area (Å²) in [6.07, 6.45) is 1.71. The van der Waals surface area contributed by atoms with Crippen LogP contribution < -0.4 is 4.74 Å². The molecule has 3 heteroatoms. The Balaban J connectivity index is 1.72. The third-order valence-corrected chi connectivity index (χ3v) is 4.05. The molecule has 0 atom stereocenters. The molecule has 3 rings (SSSR count). The third-order valence-electron chi connectivity index (χ3n) is 4.05. The highest BCUT2D eigenvalue weighted by Crippen LogP contribution is 2.49. The van der Waals surface area contributed by atoms with E-state index in [4.69, 9.17) is 9.47 Å². The summed E-state index contributed by atoms with van der Waals surface area (Å²) in [5.41, 5.74) is 1.68. The van der Waals surface area contributed by atoms with Crippen LogP contribution in [0.4, 0.5) is 0 Å². The van der Waals surface area contributed by atoms with Crippen molar-refractivity contribution in [1.29, 1.82) is 0 Å². The van der Waals surface area contributed by atoms with Crippen molar-refractivity contribution in [3.8, 4) is 5.75 Å². The predicted molar refractivity (Wildman–Crippen MR) is 84.8 cm³/mol. The monoisotopic (exact) mass is 296 g/mol. The van der Waals surface area contributed by atoms with Crippen molar-refractivity contribution in [3.63, 3.8) is 0 Å². The zero-order chi connectivity index (χ0) is 15.4. The van der Waals surface area contributed by atoms with Gasteiger partial charge in [0.25, 0.3) is 0 Å². The van der Waals surface area contributed by atoms with Crippen LogP contribution in [-0.4, -0.2) is 12.6 Å². The molecule has 0 N–H and O–H groups in total. The Morgan fingerprint density at radius 1 is 1.09 bits per heavy atom. The summed E-state index contributed by atoms with van der Waals surface area (Å²) in [6.45, 7) is 2.79. The number of ether oxygens (including phenoxy) is 2. The van der Waals surface area contributed by atoms with E-state index in [1.807, 2.05) is 61.5 Å². The molecule has 1 saturated carbocycles. The molecule has 0 aliphatic heterocycles. The molecule has 0 aromatic heterocycles. The zero-order valence-corrected chi connectivity index (χ0v) is 12.7. The molecule has 0 amide bonds. The maximum atomic E-state index is 12.2. The lowest BCUT2D eigenvalue weighted by Gasteiger charge is -2.15. The van der Waals surface area contributed by atoms with Gasteiger partial charge in [-0.2, -0.15) is 0 Å². The first-order valence-electron chi connectivity index (χ1n) is 7.69. The summed E-state index contributed by atoms with van der Waals surface area (Å²) >= 11 is 0. The standard InChI is InChI=1S/C19H20O3/c1-2-21-18(20)19(11-12-19)16-9-6-10-17(13-16)22-14-15-7-4-3-5-8-15/h3-10,13H,2,11-12,14H2,1H3. The van der Waals surface area contributed by atoms with Crippen molar-refractivity contribution in [2.45, 2.75) is 31.8 Å². The van der Waals surface area contributed by atoms with E-state index in [9.17, 15) is 4.79 Å². The molecule has 0 radical (unpaired) electrons. The molecule has 2 aromatic rings. The molecule has 0 saturated heterocycles. The van der Waals surface area contributed by atoms with Crippen LogP contribution >= 0.6 is 0 Å². The van der Waals surface area contributed by atoms with Gasteiger partial charge in [0.15, 0.2) is 0 Å². The Morgan fingerprint density at radius 3 is 2.55 bits per heavy atom. The maximum Gasteiger partial charge on any atom is 0.316 e. The van der Waals surface area contributed by atoms with Crippen molar-refractivity contribution in [1.82, 2.24) is 0 Å². The summed E-state index contributed by atoms with van der Waals surface area (Å²) in [7, 11) is 0. The molecule has 0 bridgehead atoms. The molecule has 1 fully saturated rings. The fourth-order valence-corrected chi connectivity index (χ4v) is 2.63. The molecule has 22 heavy (non-hydrogen) atoms. The Kier molecular flexibility index (Phi) is 4.14. The van der Waals surface area contributed by atoms with Gasteiger partial charge in [0, 0.05) is 0 Å². The molecule has 2 aromatic carbocycles. The highest BCUT2D eigenvalue weighted by molar-refractivity contribution is 5.86. The van der Waals surface area contributed by atoms with Crippen LogP contribution in [0.1, 0.15) is 30.9 Å².